The largest absolute Gasteiger partial charge is 0.466 e. The molecule has 0 bridgehead atoms. The normalized spacial score (nSPS) is 28.3. The molecule has 0 aromatic heterocycles. The van der Waals surface area contributed by atoms with Crippen LogP contribution in [0.4, 0.5) is 0 Å². The second kappa shape index (κ2) is 6.39. The number of carbonyl (C=O) groups excluding carboxylic acids is 1. The molecule has 0 N–H and O–H groups in total. The monoisotopic (exact) mass is 242 g/mol. The lowest BCUT2D eigenvalue weighted by Crippen LogP contribution is -2.28. The number of epoxide rings is 1. The number of rotatable bonds is 7. The highest BCUT2D eigenvalue weighted by Gasteiger charge is 2.49. The zero-order chi connectivity index (χ0) is 13.0. The van der Waals surface area contributed by atoms with Gasteiger partial charge in [-0.1, -0.05) is 34.1 Å². The van der Waals surface area contributed by atoms with Gasteiger partial charge in [-0.2, -0.15) is 0 Å². The molecule has 0 aliphatic carbocycles. The molecule has 1 aliphatic heterocycles. The molecule has 5 atom stereocenters. The summed E-state index contributed by atoms with van der Waals surface area (Å²) >= 11 is 0. The first-order valence-corrected chi connectivity index (χ1v) is 6.88. The smallest absolute Gasteiger partial charge is 0.309 e. The summed E-state index contributed by atoms with van der Waals surface area (Å²) < 4.78 is 10.9. The highest BCUT2D eigenvalue weighted by Crippen LogP contribution is 2.41. The van der Waals surface area contributed by atoms with E-state index in [4.69, 9.17) is 9.47 Å². The number of ether oxygens (including phenoxy) is 2. The molecular weight excluding hydrogens is 216 g/mol. The summed E-state index contributed by atoms with van der Waals surface area (Å²) in [5.74, 6) is 0.744. The Balaban J connectivity index is 2.52. The summed E-state index contributed by atoms with van der Waals surface area (Å²) in [4.78, 5) is 11.7. The number of hydrogen-bond acceptors (Lipinski definition) is 3. The molecule has 3 heteroatoms. The van der Waals surface area contributed by atoms with Gasteiger partial charge in [-0.15, -0.1) is 0 Å². The van der Waals surface area contributed by atoms with E-state index >= 15 is 0 Å². The molecule has 0 radical (unpaired) electrons. The van der Waals surface area contributed by atoms with Crippen molar-refractivity contribution in [2.75, 3.05) is 6.61 Å². The van der Waals surface area contributed by atoms with E-state index in [-0.39, 0.29) is 18.0 Å². The van der Waals surface area contributed by atoms with Crippen LogP contribution in [0.2, 0.25) is 0 Å². The van der Waals surface area contributed by atoms with Gasteiger partial charge in [0.25, 0.3) is 0 Å². The summed E-state index contributed by atoms with van der Waals surface area (Å²) in [6, 6.07) is 0. The predicted molar refractivity (Wildman–Crippen MR) is 67.7 cm³/mol. The fourth-order valence-electron chi connectivity index (χ4n) is 2.49. The third kappa shape index (κ3) is 3.44. The second-order valence-corrected chi connectivity index (χ2v) is 5.06. The molecule has 0 saturated carbocycles. The quantitative estimate of drug-likeness (QED) is 0.509. The Morgan fingerprint density at radius 3 is 2.29 bits per heavy atom. The van der Waals surface area contributed by atoms with Crippen molar-refractivity contribution in [1.82, 2.24) is 0 Å². The molecule has 1 fully saturated rings. The molecule has 17 heavy (non-hydrogen) atoms. The van der Waals surface area contributed by atoms with Crippen LogP contribution in [0.15, 0.2) is 0 Å². The average Bonchev–Trinajstić information content (AvgIpc) is 3.09. The first-order chi connectivity index (χ1) is 8.06. The third-order valence-electron chi connectivity index (χ3n) is 3.96. The molecule has 1 saturated heterocycles. The van der Waals surface area contributed by atoms with E-state index < -0.39 is 0 Å². The van der Waals surface area contributed by atoms with Crippen LogP contribution < -0.4 is 0 Å². The second-order valence-electron chi connectivity index (χ2n) is 5.06. The van der Waals surface area contributed by atoms with Gasteiger partial charge in [0.2, 0.25) is 0 Å². The van der Waals surface area contributed by atoms with Gasteiger partial charge in [0.05, 0.1) is 24.7 Å². The van der Waals surface area contributed by atoms with Crippen LogP contribution in [0.25, 0.3) is 0 Å². The molecule has 0 aromatic carbocycles. The van der Waals surface area contributed by atoms with Gasteiger partial charge >= 0.3 is 5.97 Å². The molecule has 3 nitrogen and oxygen atoms in total. The molecule has 1 aliphatic rings. The van der Waals surface area contributed by atoms with E-state index in [1.54, 1.807) is 0 Å². The lowest BCUT2D eigenvalue weighted by atomic mass is 9.85. The fourth-order valence-corrected chi connectivity index (χ4v) is 2.49. The molecular formula is C14H26O3. The first-order valence-electron chi connectivity index (χ1n) is 6.88. The number of hydrogen-bond donors (Lipinski definition) is 0. The summed E-state index contributed by atoms with van der Waals surface area (Å²) in [5.41, 5.74) is 0. The van der Waals surface area contributed by atoms with Crippen LogP contribution in [0, 0.1) is 17.8 Å². The van der Waals surface area contributed by atoms with Gasteiger partial charge < -0.3 is 9.47 Å². The van der Waals surface area contributed by atoms with Crippen LogP contribution in [-0.4, -0.2) is 24.8 Å². The van der Waals surface area contributed by atoms with Crippen LogP contribution in [0.1, 0.15) is 47.5 Å². The molecule has 4 unspecified atom stereocenters. The van der Waals surface area contributed by atoms with Crippen molar-refractivity contribution in [3.63, 3.8) is 0 Å². The Morgan fingerprint density at radius 2 is 1.82 bits per heavy atom. The van der Waals surface area contributed by atoms with Gasteiger partial charge in [0.15, 0.2) is 0 Å². The van der Waals surface area contributed by atoms with E-state index in [1.807, 2.05) is 13.8 Å². The Hall–Kier alpha value is -0.570. The van der Waals surface area contributed by atoms with Gasteiger partial charge in [-0.3, -0.25) is 4.79 Å². The van der Waals surface area contributed by atoms with E-state index in [0.29, 0.717) is 24.5 Å². The average molecular weight is 242 g/mol. The lowest BCUT2D eigenvalue weighted by molar-refractivity contribution is -0.149. The van der Waals surface area contributed by atoms with Gasteiger partial charge in [0.1, 0.15) is 0 Å². The van der Waals surface area contributed by atoms with E-state index in [2.05, 4.69) is 20.8 Å². The Kier molecular flexibility index (Phi) is 5.44. The summed E-state index contributed by atoms with van der Waals surface area (Å²) in [6.07, 6.45) is 2.71. The van der Waals surface area contributed by atoms with Crippen molar-refractivity contribution in [3.05, 3.63) is 0 Å². The van der Waals surface area contributed by atoms with Crippen molar-refractivity contribution in [3.8, 4) is 0 Å². The zero-order valence-electron chi connectivity index (χ0n) is 11.7. The molecule has 0 aromatic rings. The van der Waals surface area contributed by atoms with Crippen LogP contribution in [-0.2, 0) is 14.3 Å². The standard InChI is InChI=1S/C14H26O3/c1-6-9(4)12-13(17-12)11(7-2)10(5)14(15)16-8-3/h9-13H,6-8H2,1-5H3/t9?,10?,11?,12?,13-/m1/s1. The highest BCUT2D eigenvalue weighted by molar-refractivity contribution is 5.72. The van der Waals surface area contributed by atoms with Crippen molar-refractivity contribution in [2.45, 2.75) is 59.7 Å². The van der Waals surface area contributed by atoms with Crippen molar-refractivity contribution in [2.24, 2.45) is 17.8 Å². The van der Waals surface area contributed by atoms with Crippen molar-refractivity contribution < 1.29 is 14.3 Å². The minimum absolute atomic E-state index is 0.0565. The molecule has 100 valence electrons. The first kappa shape index (κ1) is 14.5. The topological polar surface area (TPSA) is 38.8 Å². The third-order valence-corrected chi connectivity index (χ3v) is 3.96. The lowest BCUT2D eigenvalue weighted by Gasteiger charge is -2.19. The maximum absolute atomic E-state index is 11.7. The molecule has 0 spiro atoms. The van der Waals surface area contributed by atoms with Crippen LogP contribution in [0.5, 0.6) is 0 Å². The molecule has 1 rings (SSSR count). The Bertz CT molecular complexity index is 252. The van der Waals surface area contributed by atoms with Crippen LogP contribution in [0.3, 0.4) is 0 Å². The maximum Gasteiger partial charge on any atom is 0.309 e. The Morgan fingerprint density at radius 1 is 1.18 bits per heavy atom. The Labute approximate surface area is 105 Å². The van der Waals surface area contributed by atoms with Gasteiger partial charge in [0, 0.05) is 5.92 Å². The van der Waals surface area contributed by atoms with Gasteiger partial charge in [-0.25, -0.2) is 0 Å². The van der Waals surface area contributed by atoms with Crippen LogP contribution >= 0.6 is 0 Å². The van der Waals surface area contributed by atoms with Crippen molar-refractivity contribution in [1.29, 1.82) is 0 Å². The summed E-state index contributed by atoms with van der Waals surface area (Å²) in [5, 5.41) is 0. The van der Waals surface area contributed by atoms with E-state index in [1.165, 1.54) is 0 Å². The fraction of sp³-hybridized carbons (Fsp3) is 0.929. The summed E-state index contributed by atoms with van der Waals surface area (Å²) in [7, 11) is 0. The summed E-state index contributed by atoms with van der Waals surface area (Å²) in [6.45, 7) is 10.8. The zero-order valence-corrected chi connectivity index (χ0v) is 11.7. The number of carbonyl (C=O) groups is 1. The predicted octanol–water partition coefficient (Wildman–Crippen LogP) is 3.03. The maximum atomic E-state index is 11.7. The highest BCUT2D eigenvalue weighted by atomic mass is 16.6. The van der Waals surface area contributed by atoms with E-state index in [0.717, 1.165) is 12.8 Å². The number of esters is 1. The van der Waals surface area contributed by atoms with E-state index in [9.17, 15) is 4.79 Å². The molecule has 0 amide bonds. The van der Waals surface area contributed by atoms with Crippen molar-refractivity contribution >= 4 is 5.97 Å². The minimum Gasteiger partial charge on any atom is -0.466 e. The minimum atomic E-state index is -0.0854. The molecule has 1 heterocycles. The SMILES string of the molecule is CCOC(=O)C(C)C(CC)[C@H]1OC1C(C)CC. The van der Waals surface area contributed by atoms with Gasteiger partial charge in [-0.05, 0) is 19.3 Å².